The lowest BCUT2D eigenvalue weighted by Crippen LogP contribution is -2.32. The zero-order valence-corrected chi connectivity index (χ0v) is 9.38. The molecule has 4 heteroatoms. The van der Waals surface area contributed by atoms with Crippen molar-refractivity contribution in [3.8, 4) is 0 Å². The van der Waals surface area contributed by atoms with Crippen molar-refractivity contribution in [1.29, 1.82) is 0 Å². The fraction of sp³-hybridized carbons (Fsp3) is 0.727. The Kier molecular flexibility index (Phi) is 3.38. The van der Waals surface area contributed by atoms with Gasteiger partial charge in [0.25, 0.3) is 0 Å². The van der Waals surface area contributed by atoms with Crippen molar-refractivity contribution in [1.82, 2.24) is 10.5 Å². The largest absolute Gasteiger partial charge is 0.373 e. The monoisotopic (exact) mass is 210 g/mol. The van der Waals surface area contributed by atoms with E-state index >= 15 is 0 Å². The minimum Gasteiger partial charge on any atom is -0.373 e. The summed E-state index contributed by atoms with van der Waals surface area (Å²) in [4.78, 5) is 0. The van der Waals surface area contributed by atoms with Crippen molar-refractivity contribution in [2.75, 3.05) is 13.1 Å². The van der Waals surface area contributed by atoms with Gasteiger partial charge in [-0.2, -0.15) is 0 Å². The highest BCUT2D eigenvalue weighted by Crippen LogP contribution is 2.16. The van der Waals surface area contributed by atoms with Crippen LogP contribution in [0, 0.1) is 13.8 Å². The van der Waals surface area contributed by atoms with Crippen LogP contribution >= 0.6 is 0 Å². The van der Waals surface area contributed by atoms with Gasteiger partial charge in [-0.25, -0.2) is 0 Å². The van der Waals surface area contributed by atoms with Crippen LogP contribution in [-0.2, 0) is 11.3 Å². The van der Waals surface area contributed by atoms with Crippen LogP contribution in [0.3, 0.4) is 0 Å². The maximum atomic E-state index is 5.85. The molecule has 0 unspecified atom stereocenters. The summed E-state index contributed by atoms with van der Waals surface area (Å²) >= 11 is 0. The molecule has 0 saturated carbocycles. The molecular formula is C11H18N2O2. The maximum absolute atomic E-state index is 5.85. The van der Waals surface area contributed by atoms with E-state index in [-0.39, 0.29) is 0 Å². The first kappa shape index (κ1) is 10.6. The van der Waals surface area contributed by atoms with E-state index in [0.29, 0.717) is 12.7 Å². The van der Waals surface area contributed by atoms with E-state index in [4.69, 9.17) is 9.26 Å². The van der Waals surface area contributed by atoms with Gasteiger partial charge in [-0.3, -0.25) is 0 Å². The van der Waals surface area contributed by atoms with Crippen LogP contribution in [0.1, 0.15) is 29.9 Å². The van der Waals surface area contributed by atoms with E-state index in [0.717, 1.165) is 42.9 Å². The van der Waals surface area contributed by atoms with Crippen molar-refractivity contribution in [3.05, 3.63) is 17.0 Å². The Morgan fingerprint density at radius 3 is 2.73 bits per heavy atom. The van der Waals surface area contributed by atoms with Crippen LogP contribution in [-0.4, -0.2) is 24.4 Å². The minimum absolute atomic E-state index is 0.389. The predicted octanol–water partition coefficient (Wildman–Crippen LogP) is 1.56. The molecule has 0 radical (unpaired) electrons. The molecule has 84 valence electrons. The summed E-state index contributed by atoms with van der Waals surface area (Å²) < 4.78 is 10.9. The molecule has 15 heavy (non-hydrogen) atoms. The number of ether oxygens (including phenoxy) is 1. The first-order chi connectivity index (χ1) is 7.27. The molecule has 4 nitrogen and oxygen atoms in total. The molecule has 1 fully saturated rings. The van der Waals surface area contributed by atoms with E-state index in [1.807, 2.05) is 13.8 Å². The Morgan fingerprint density at radius 2 is 2.13 bits per heavy atom. The minimum atomic E-state index is 0.389. The number of hydrogen-bond donors (Lipinski definition) is 1. The second-order valence-electron chi connectivity index (χ2n) is 4.06. The van der Waals surface area contributed by atoms with E-state index in [9.17, 15) is 0 Å². The van der Waals surface area contributed by atoms with Gasteiger partial charge >= 0.3 is 0 Å². The van der Waals surface area contributed by atoms with Gasteiger partial charge in [-0.1, -0.05) is 5.16 Å². The molecule has 0 spiro atoms. The fourth-order valence-electron chi connectivity index (χ4n) is 1.87. The number of aromatic nitrogens is 1. The van der Waals surface area contributed by atoms with Gasteiger partial charge in [0, 0.05) is 5.56 Å². The molecule has 1 aromatic heterocycles. The number of aryl methyl sites for hydroxylation is 2. The van der Waals surface area contributed by atoms with Crippen molar-refractivity contribution in [3.63, 3.8) is 0 Å². The van der Waals surface area contributed by atoms with E-state index in [1.54, 1.807) is 0 Å². The molecule has 1 aromatic rings. The summed E-state index contributed by atoms with van der Waals surface area (Å²) in [5, 5.41) is 7.23. The number of piperidine rings is 1. The average Bonchev–Trinajstić information content (AvgIpc) is 2.58. The van der Waals surface area contributed by atoms with Gasteiger partial charge in [0.2, 0.25) is 0 Å². The lowest BCUT2D eigenvalue weighted by molar-refractivity contribution is 0.0205. The average molecular weight is 210 g/mol. The Morgan fingerprint density at radius 1 is 1.40 bits per heavy atom. The lowest BCUT2D eigenvalue weighted by atomic mass is 10.1. The third kappa shape index (κ3) is 2.58. The van der Waals surface area contributed by atoms with Gasteiger partial charge in [-0.15, -0.1) is 0 Å². The van der Waals surface area contributed by atoms with Crippen LogP contribution in [0.25, 0.3) is 0 Å². The molecule has 0 aliphatic carbocycles. The third-order valence-corrected chi connectivity index (χ3v) is 2.93. The Labute approximate surface area is 90.0 Å². The molecule has 0 aromatic carbocycles. The fourth-order valence-corrected chi connectivity index (χ4v) is 1.87. The van der Waals surface area contributed by atoms with Crippen LogP contribution in [0.2, 0.25) is 0 Å². The van der Waals surface area contributed by atoms with E-state index in [1.165, 1.54) is 0 Å². The van der Waals surface area contributed by atoms with E-state index < -0.39 is 0 Å². The van der Waals surface area contributed by atoms with Crippen molar-refractivity contribution in [2.45, 2.75) is 39.4 Å². The summed E-state index contributed by atoms with van der Waals surface area (Å²) in [7, 11) is 0. The topological polar surface area (TPSA) is 47.3 Å². The highest BCUT2D eigenvalue weighted by atomic mass is 16.5. The molecule has 1 saturated heterocycles. The standard InChI is InChI=1S/C11H18N2O2/c1-8-11(9(2)15-13-8)7-14-10-3-5-12-6-4-10/h10,12H,3-7H2,1-2H3. The summed E-state index contributed by atoms with van der Waals surface area (Å²) in [6.07, 6.45) is 2.59. The number of nitrogens with zero attached hydrogens (tertiary/aromatic N) is 1. The van der Waals surface area contributed by atoms with Gasteiger partial charge in [0.1, 0.15) is 5.76 Å². The second-order valence-corrected chi connectivity index (χ2v) is 4.06. The molecule has 1 aliphatic rings. The van der Waals surface area contributed by atoms with Crippen LogP contribution in [0.15, 0.2) is 4.52 Å². The molecular weight excluding hydrogens is 192 g/mol. The SMILES string of the molecule is Cc1noc(C)c1COC1CCNCC1. The van der Waals surface area contributed by atoms with Crippen LogP contribution in [0.4, 0.5) is 0 Å². The first-order valence-corrected chi connectivity index (χ1v) is 5.51. The van der Waals surface area contributed by atoms with Crippen molar-refractivity contribution >= 4 is 0 Å². The molecule has 1 N–H and O–H groups in total. The zero-order chi connectivity index (χ0) is 10.7. The smallest absolute Gasteiger partial charge is 0.139 e. The van der Waals surface area contributed by atoms with Crippen LogP contribution in [0.5, 0.6) is 0 Å². The Hall–Kier alpha value is -0.870. The van der Waals surface area contributed by atoms with Gasteiger partial charge in [0.05, 0.1) is 18.4 Å². The number of rotatable bonds is 3. The number of nitrogens with one attached hydrogen (secondary N) is 1. The Bertz CT molecular complexity index is 297. The quantitative estimate of drug-likeness (QED) is 0.822. The summed E-state index contributed by atoms with van der Waals surface area (Å²) in [6, 6.07) is 0. The third-order valence-electron chi connectivity index (χ3n) is 2.93. The van der Waals surface area contributed by atoms with Crippen molar-refractivity contribution in [2.24, 2.45) is 0 Å². The molecule has 2 rings (SSSR count). The van der Waals surface area contributed by atoms with E-state index in [2.05, 4.69) is 10.5 Å². The predicted molar refractivity (Wildman–Crippen MR) is 56.7 cm³/mol. The van der Waals surface area contributed by atoms with Gasteiger partial charge in [0.15, 0.2) is 0 Å². The zero-order valence-electron chi connectivity index (χ0n) is 9.38. The summed E-state index contributed by atoms with van der Waals surface area (Å²) in [5.41, 5.74) is 2.05. The summed E-state index contributed by atoms with van der Waals surface area (Å²) in [6.45, 7) is 6.64. The first-order valence-electron chi connectivity index (χ1n) is 5.51. The van der Waals surface area contributed by atoms with Gasteiger partial charge < -0.3 is 14.6 Å². The normalized spacial score (nSPS) is 18.3. The number of hydrogen-bond acceptors (Lipinski definition) is 4. The highest BCUT2D eigenvalue weighted by molar-refractivity contribution is 5.19. The van der Waals surface area contributed by atoms with Crippen LogP contribution < -0.4 is 5.32 Å². The maximum Gasteiger partial charge on any atom is 0.139 e. The van der Waals surface area contributed by atoms with Crippen molar-refractivity contribution < 1.29 is 9.26 Å². The molecule has 0 bridgehead atoms. The summed E-state index contributed by atoms with van der Waals surface area (Å²) in [5.74, 6) is 0.876. The molecule has 1 aliphatic heterocycles. The Balaban J connectivity index is 1.87. The molecule has 2 heterocycles. The second kappa shape index (κ2) is 4.77. The highest BCUT2D eigenvalue weighted by Gasteiger charge is 2.15. The molecule has 0 atom stereocenters. The van der Waals surface area contributed by atoms with Gasteiger partial charge in [-0.05, 0) is 39.8 Å². The molecule has 0 amide bonds. The lowest BCUT2D eigenvalue weighted by Gasteiger charge is -2.22.